The molecule has 1 atom stereocenters. The average molecular weight is 269 g/mol. The fraction of sp³-hybridized carbons (Fsp3) is 0.500. The second-order valence-corrected chi connectivity index (χ2v) is 5.01. The van der Waals surface area contributed by atoms with E-state index in [1.807, 2.05) is 19.1 Å². The number of halogens is 1. The summed E-state index contributed by atoms with van der Waals surface area (Å²) in [5, 5.41) is 3.52. The van der Waals surface area contributed by atoms with Gasteiger partial charge in [0.05, 0.1) is 0 Å². The first-order valence-corrected chi connectivity index (χ1v) is 6.70. The first kappa shape index (κ1) is 15.0. The first-order valence-electron chi connectivity index (χ1n) is 6.32. The minimum Gasteiger partial charge on any atom is -0.330 e. The maximum Gasteiger partial charge on any atom is 0.224 e. The zero-order valence-corrected chi connectivity index (χ0v) is 11.8. The summed E-state index contributed by atoms with van der Waals surface area (Å²) in [5.41, 5.74) is 7.38. The Morgan fingerprint density at radius 1 is 1.50 bits per heavy atom. The van der Waals surface area contributed by atoms with Crippen LogP contribution in [0.15, 0.2) is 18.2 Å². The number of aryl methyl sites for hydroxylation is 1. The van der Waals surface area contributed by atoms with E-state index in [1.165, 1.54) is 0 Å². The van der Waals surface area contributed by atoms with Crippen LogP contribution in [0.4, 0.5) is 5.69 Å². The quantitative estimate of drug-likeness (QED) is 0.831. The maximum atomic E-state index is 11.8. The summed E-state index contributed by atoms with van der Waals surface area (Å²) in [6.45, 7) is 4.58. The monoisotopic (exact) mass is 268 g/mol. The number of benzene rings is 1. The van der Waals surface area contributed by atoms with Crippen LogP contribution in [0.5, 0.6) is 0 Å². The second-order valence-electron chi connectivity index (χ2n) is 4.61. The molecule has 1 amide bonds. The third-order valence-corrected chi connectivity index (χ3v) is 3.37. The number of carbonyl (C=O) groups is 1. The predicted octanol–water partition coefficient (Wildman–Crippen LogP) is 3.35. The summed E-state index contributed by atoms with van der Waals surface area (Å²) >= 11 is 6.01. The van der Waals surface area contributed by atoms with Gasteiger partial charge in [0.25, 0.3) is 0 Å². The number of anilines is 1. The minimum absolute atomic E-state index is 0.00109. The van der Waals surface area contributed by atoms with E-state index in [4.69, 9.17) is 17.3 Å². The van der Waals surface area contributed by atoms with Crippen LogP contribution in [0.3, 0.4) is 0 Å². The van der Waals surface area contributed by atoms with Gasteiger partial charge in [-0.3, -0.25) is 4.79 Å². The van der Waals surface area contributed by atoms with Gasteiger partial charge in [0.15, 0.2) is 0 Å². The molecular formula is C14H21ClN2O. The summed E-state index contributed by atoms with van der Waals surface area (Å²) in [6.07, 6.45) is 2.50. The van der Waals surface area contributed by atoms with Crippen molar-refractivity contribution in [3.8, 4) is 0 Å². The number of hydrogen-bond donors (Lipinski definition) is 2. The SMILES string of the molecule is CCCC(CN)CC(=O)Nc1ccc(C)c(Cl)c1. The van der Waals surface area contributed by atoms with Crippen molar-refractivity contribution < 1.29 is 4.79 Å². The normalized spacial score (nSPS) is 12.2. The Hall–Kier alpha value is -1.06. The third kappa shape index (κ3) is 4.67. The third-order valence-electron chi connectivity index (χ3n) is 2.96. The molecule has 4 heteroatoms. The van der Waals surface area contributed by atoms with Crippen LogP contribution in [0, 0.1) is 12.8 Å². The van der Waals surface area contributed by atoms with Gasteiger partial charge < -0.3 is 11.1 Å². The van der Waals surface area contributed by atoms with Crippen molar-refractivity contribution in [3.05, 3.63) is 28.8 Å². The highest BCUT2D eigenvalue weighted by atomic mass is 35.5. The van der Waals surface area contributed by atoms with Crippen LogP contribution in [-0.4, -0.2) is 12.5 Å². The van der Waals surface area contributed by atoms with Crippen LogP contribution in [0.1, 0.15) is 31.7 Å². The molecule has 0 aromatic heterocycles. The van der Waals surface area contributed by atoms with Crippen molar-refractivity contribution in [1.82, 2.24) is 0 Å². The van der Waals surface area contributed by atoms with Gasteiger partial charge in [-0.05, 0) is 43.5 Å². The number of hydrogen-bond acceptors (Lipinski definition) is 2. The fourth-order valence-corrected chi connectivity index (χ4v) is 2.04. The lowest BCUT2D eigenvalue weighted by Gasteiger charge is -2.13. The van der Waals surface area contributed by atoms with E-state index in [0.29, 0.717) is 18.0 Å². The molecule has 0 fully saturated rings. The van der Waals surface area contributed by atoms with Crippen LogP contribution >= 0.6 is 11.6 Å². The molecule has 3 N–H and O–H groups in total. The minimum atomic E-state index is -0.00109. The van der Waals surface area contributed by atoms with Gasteiger partial charge in [-0.15, -0.1) is 0 Å². The summed E-state index contributed by atoms with van der Waals surface area (Å²) in [5.74, 6) is 0.259. The van der Waals surface area contributed by atoms with Crippen molar-refractivity contribution in [2.75, 3.05) is 11.9 Å². The molecule has 0 heterocycles. The molecule has 18 heavy (non-hydrogen) atoms. The van der Waals surface area contributed by atoms with Gasteiger partial charge in [-0.2, -0.15) is 0 Å². The topological polar surface area (TPSA) is 55.1 Å². The molecule has 100 valence electrons. The number of rotatable bonds is 6. The highest BCUT2D eigenvalue weighted by molar-refractivity contribution is 6.31. The Labute approximate surface area is 114 Å². The Morgan fingerprint density at radius 2 is 2.22 bits per heavy atom. The molecule has 0 radical (unpaired) electrons. The van der Waals surface area contributed by atoms with Crippen molar-refractivity contribution in [2.45, 2.75) is 33.1 Å². The second kappa shape index (κ2) is 7.39. The van der Waals surface area contributed by atoms with Crippen LogP contribution < -0.4 is 11.1 Å². The van der Waals surface area contributed by atoms with E-state index in [1.54, 1.807) is 6.07 Å². The molecule has 0 saturated carbocycles. The molecule has 0 saturated heterocycles. The molecular weight excluding hydrogens is 248 g/mol. The van der Waals surface area contributed by atoms with Gasteiger partial charge in [0.1, 0.15) is 0 Å². The average Bonchev–Trinajstić information content (AvgIpc) is 2.33. The lowest BCUT2D eigenvalue weighted by Crippen LogP contribution is -2.22. The summed E-state index contributed by atoms with van der Waals surface area (Å²) < 4.78 is 0. The Morgan fingerprint density at radius 3 is 2.78 bits per heavy atom. The number of nitrogens with one attached hydrogen (secondary N) is 1. The molecule has 0 aliphatic rings. The summed E-state index contributed by atoms with van der Waals surface area (Å²) in [4.78, 5) is 11.8. The molecule has 0 aliphatic carbocycles. The molecule has 0 spiro atoms. The smallest absolute Gasteiger partial charge is 0.224 e. The number of carbonyl (C=O) groups excluding carboxylic acids is 1. The molecule has 1 unspecified atom stereocenters. The summed E-state index contributed by atoms with van der Waals surface area (Å²) in [6, 6.07) is 5.52. The zero-order valence-electron chi connectivity index (χ0n) is 11.0. The van der Waals surface area contributed by atoms with E-state index in [2.05, 4.69) is 12.2 Å². The lowest BCUT2D eigenvalue weighted by molar-refractivity contribution is -0.117. The highest BCUT2D eigenvalue weighted by Crippen LogP contribution is 2.20. The molecule has 3 nitrogen and oxygen atoms in total. The van der Waals surface area contributed by atoms with E-state index in [9.17, 15) is 4.79 Å². The van der Waals surface area contributed by atoms with Gasteiger partial charge in [-0.1, -0.05) is 31.0 Å². The molecule has 1 aromatic rings. The standard InChI is InChI=1S/C14H21ClN2O/c1-3-4-11(9-16)7-14(18)17-12-6-5-10(2)13(15)8-12/h5-6,8,11H,3-4,7,9,16H2,1-2H3,(H,17,18). The van der Waals surface area contributed by atoms with Crippen LogP contribution in [0.2, 0.25) is 5.02 Å². The lowest BCUT2D eigenvalue weighted by atomic mass is 9.99. The highest BCUT2D eigenvalue weighted by Gasteiger charge is 2.12. The molecule has 0 bridgehead atoms. The van der Waals surface area contributed by atoms with Crippen molar-refractivity contribution in [3.63, 3.8) is 0 Å². The fourth-order valence-electron chi connectivity index (χ4n) is 1.86. The maximum absolute atomic E-state index is 11.8. The Bertz CT molecular complexity index is 407. The van der Waals surface area contributed by atoms with Gasteiger partial charge in [0.2, 0.25) is 5.91 Å². The van der Waals surface area contributed by atoms with Crippen molar-refractivity contribution in [1.29, 1.82) is 0 Å². The van der Waals surface area contributed by atoms with E-state index in [-0.39, 0.29) is 11.8 Å². The van der Waals surface area contributed by atoms with Gasteiger partial charge >= 0.3 is 0 Å². The molecule has 1 aromatic carbocycles. The van der Waals surface area contributed by atoms with E-state index < -0.39 is 0 Å². The Kier molecular flexibility index (Phi) is 6.16. The largest absolute Gasteiger partial charge is 0.330 e. The zero-order chi connectivity index (χ0) is 13.5. The van der Waals surface area contributed by atoms with E-state index in [0.717, 1.165) is 24.1 Å². The van der Waals surface area contributed by atoms with Crippen molar-refractivity contribution >= 4 is 23.2 Å². The van der Waals surface area contributed by atoms with Gasteiger partial charge in [0, 0.05) is 17.1 Å². The van der Waals surface area contributed by atoms with Crippen LogP contribution in [-0.2, 0) is 4.79 Å². The first-order chi connectivity index (χ1) is 8.56. The summed E-state index contributed by atoms with van der Waals surface area (Å²) in [7, 11) is 0. The predicted molar refractivity (Wildman–Crippen MR) is 76.9 cm³/mol. The van der Waals surface area contributed by atoms with Gasteiger partial charge in [-0.25, -0.2) is 0 Å². The molecule has 1 rings (SSSR count). The van der Waals surface area contributed by atoms with E-state index >= 15 is 0 Å². The number of nitrogens with two attached hydrogens (primary N) is 1. The molecule has 0 aliphatic heterocycles. The number of amides is 1. The van der Waals surface area contributed by atoms with Crippen molar-refractivity contribution in [2.24, 2.45) is 11.7 Å². The van der Waals surface area contributed by atoms with Crippen LogP contribution in [0.25, 0.3) is 0 Å². The Balaban J connectivity index is 2.55.